The molecule has 0 heterocycles. The minimum absolute atomic E-state index is 0.00667. The summed E-state index contributed by atoms with van der Waals surface area (Å²) >= 11 is 0. The van der Waals surface area contributed by atoms with Crippen LogP contribution < -0.4 is 0 Å². The van der Waals surface area contributed by atoms with Crippen LogP contribution in [-0.2, 0) is 19.1 Å². The second-order valence-corrected chi connectivity index (χ2v) is 5.24. The monoisotopic (exact) mass is 370 g/mol. The summed E-state index contributed by atoms with van der Waals surface area (Å²) in [5.41, 5.74) is 0. The van der Waals surface area contributed by atoms with E-state index in [-0.39, 0.29) is 12.7 Å². The van der Waals surface area contributed by atoms with Gasteiger partial charge in [0.15, 0.2) is 6.10 Å². The fraction of sp³-hybridized carbons (Fsp3) is 0.875. The zero-order chi connectivity index (χ0) is 20.3. The first kappa shape index (κ1) is 28.5. The van der Waals surface area contributed by atoms with Gasteiger partial charge in [0.2, 0.25) is 0 Å². The first-order chi connectivity index (χ1) is 11.6. The number of carboxylic acids is 2. The van der Waals surface area contributed by atoms with Crippen molar-refractivity contribution in [2.75, 3.05) is 26.4 Å². The molecule has 0 aliphatic heterocycles. The number of aliphatic carboxylic acids is 2. The summed E-state index contributed by atoms with van der Waals surface area (Å²) in [7, 11) is 0. The van der Waals surface area contributed by atoms with Crippen LogP contribution in [0.4, 0.5) is 0 Å². The molecule has 0 amide bonds. The van der Waals surface area contributed by atoms with Gasteiger partial charge < -0.3 is 35.0 Å². The van der Waals surface area contributed by atoms with E-state index in [9.17, 15) is 9.59 Å². The van der Waals surface area contributed by atoms with E-state index in [1.54, 1.807) is 13.8 Å². The average molecular weight is 370 g/mol. The molecule has 0 radical (unpaired) electrons. The molecule has 5 N–H and O–H groups in total. The quantitative estimate of drug-likeness (QED) is 0.327. The van der Waals surface area contributed by atoms with Crippen LogP contribution in [-0.4, -0.2) is 82.2 Å². The van der Waals surface area contributed by atoms with E-state index in [1.807, 2.05) is 0 Å². The van der Waals surface area contributed by atoms with E-state index in [2.05, 4.69) is 13.8 Å². The van der Waals surface area contributed by atoms with Crippen molar-refractivity contribution in [3.8, 4) is 0 Å². The maximum atomic E-state index is 9.72. The van der Waals surface area contributed by atoms with Gasteiger partial charge in [-0.2, -0.15) is 0 Å². The van der Waals surface area contributed by atoms with E-state index < -0.39 is 30.6 Å². The largest absolute Gasteiger partial charge is 0.481 e. The Morgan fingerprint density at radius 3 is 1.72 bits per heavy atom. The summed E-state index contributed by atoms with van der Waals surface area (Å²) in [4.78, 5) is 19.4. The van der Waals surface area contributed by atoms with Crippen LogP contribution >= 0.6 is 0 Å². The third-order valence-electron chi connectivity index (χ3n) is 2.23. The number of ether oxygens (including phenoxy) is 2. The van der Waals surface area contributed by atoms with Gasteiger partial charge in [-0.1, -0.05) is 13.8 Å². The highest BCUT2D eigenvalue weighted by molar-refractivity contribution is 5.79. The van der Waals surface area contributed by atoms with Crippen molar-refractivity contribution in [3.05, 3.63) is 0 Å². The molecule has 0 aliphatic rings. The number of carboxylic acid groups (broad SMARTS) is 2. The summed E-state index contributed by atoms with van der Waals surface area (Å²) < 4.78 is 10.1. The molecule has 0 aliphatic carbocycles. The molecule has 3 unspecified atom stereocenters. The Balaban J connectivity index is -0.000000293. The van der Waals surface area contributed by atoms with Gasteiger partial charge >= 0.3 is 11.9 Å². The third-order valence-corrected chi connectivity index (χ3v) is 2.23. The zero-order valence-electron chi connectivity index (χ0n) is 15.6. The molecule has 0 aromatic carbocycles. The van der Waals surface area contributed by atoms with Crippen LogP contribution in [0.2, 0.25) is 0 Å². The smallest absolute Gasteiger partial charge is 0.333 e. The molecule has 0 saturated heterocycles. The predicted molar refractivity (Wildman–Crippen MR) is 91.5 cm³/mol. The second-order valence-electron chi connectivity index (χ2n) is 5.24. The van der Waals surface area contributed by atoms with Crippen molar-refractivity contribution in [1.29, 1.82) is 0 Å². The lowest BCUT2D eigenvalue weighted by molar-refractivity contribution is -0.152. The Bertz CT molecular complexity index is 304. The molecule has 0 bridgehead atoms. The minimum Gasteiger partial charge on any atom is -0.481 e. The van der Waals surface area contributed by atoms with Crippen LogP contribution in [0.15, 0.2) is 0 Å². The van der Waals surface area contributed by atoms with Gasteiger partial charge in [-0.05, 0) is 26.7 Å². The van der Waals surface area contributed by atoms with Crippen molar-refractivity contribution < 1.29 is 44.6 Å². The Labute approximate surface area is 149 Å². The van der Waals surface area contributed by atoms with Gasteiger partial charge in [0.1, 0.15) is 0 Å². The van der Waals surface area contributed by atoms with Gasteiger partial charge in [0.05, 0.1) is 31.8 Å². The van der Waals surface area contributed by atoms with E-state index in [4.69, 9.17) is 35.0 Å². The molecule has 9 heteroatoms. The SMILES string of the molecule is CC(O)COC(C)CO.CCCOCCC.O=C(O)CC(O)C(=O)O. The highest BCUT2D eigenvalue weighted by atomic mass is 16.5. The molecule has 0 spiro atoms. The minimum atomic E-state index is -1.79. The molecule has 0 aromatic rings. The van der Waals surface area contributed by atoms with Gasteiger partial charge in [0.25, 0.3) is 0 Å². The van der Waals surface area contributed by atoms with Gasteiger partial charge in [-0.3, -0.25) is 4.79 Å². The summed E-state index contributed by atoms with van der Waals surface area (Å²) in [5.74, 6) is -2.85. The van der Waals surface area contributed by atoms with Crippen molar-refractivity contribution >= 4 is 11.9 Å². The zero-order valence-corrected chi connectivity index (χ0v) is 15.6. The van der Waals surface area contributed by atoms with Gasteiger partial charge in [-0.15, -0.1) is 0 Å². The first-order valence-electron chi connectivity index (χ1n) is 8.23. The number of hydrogen-bond acceptors (Lipinski definition) is 7. The summed E-state index contributed by atoms with van der Waals surface area (Å²) in [6.45, 7) is 9.79. The number of aliphatic hydroxyl groups is 3. The fourth-order valence-corrected chi connectivity index (χ4v) is 1.000. The molecule has 3 atom stereocenters. The van der Waals surface area contributed by atoms with E-state index in [1.165, 1.54) is 0 Å². The molecule has 0 rings (SSSR count). The molecule has 9 nitrogen and oxygen atoms in total. The maximum Gasteiger partial charge on any atom is 0.333 e. The Hall–Kier alpha value is -1.26. The maximum absolute atomic E-state index is 9.72. The molecule has 0 saturated carbocycles. The number of rotatable bonds is 11. The highest BCUT2D eigenvalue weighted by Gasteiger charge is 2.16. The average Bonchev–Trinajstić information content (AvgIpc) is 2.53. The Morgan fingerprint density at radius 1 is 1.00 bits per heavy atom. The molecule has 0 aromatic heterocycles. The van der Waals surface area contributed by atoms with Gasteiger partial charge in [0, 0.05) is 13.2 Å². The number of carbonyl (C=O) groups is 2. The Kier molecular flexibility index (Phi) is 23.7. The predicted octanol–water partition coefficient (Wildman–Crippen LogP) is 0.494. The summed E-state index contributed by atoms with van der Waals surface area (Å²) in [6.07, 6.45) is -0.879. The molecule has 0 fully saturated rings. The van der Waals surface area contributed by atoms with E-state index in [0.717, 1.165) is 26.1 Å². The van der Waals surface area contributed by atoms with Crippen molar-refractivity contribution in [3.63, 3.8) is 0 Å². The lowest BCUT2D eigenvalue weighted by Crippen LogP contribution is -2.22. The summed E-state index contributed by atoms with van der Waals surface area (Å²) in [6, 6.07) is 0. The third kappa shape index (κ3) is 31.1. The number of hydrogen-bond donors (Lipinski definition) is 5. The fourth-order valence-electron chi connectivity index (χ4n) is 1.000. The van der Waals surface area contributed by atoms with Crippen LogP contribution in [0.5, 0.6) is 0 Å². The lowest BCUT2D eigenvalue weighted by Gasteiger charge is -2.10. The van der Waals surface area contributed by atoms with E-state index in [0.29, 0.717) is 6.61 Å². The lowest BCUT2D eigenvalue weighted by atomic mass is 10.3. The highest BCUT2D eigenvalue weighted by Crippen LogP contribution is 1.90. The van der Waals surface area contributed by atoms with Crippen molar-refractivity contribution in [2.45, 2.75) is 65.3 Å². The number of aliphatic hydroxyl groups excluding tert-OH is 3. The van der Waals surface area contributed by atoms with Crippen LogP contribution in [0, 0.1) is 0 Å². The molecular weight excluding hydrogens is 336 g/mol. The van der Waals surface area contributed by atoms with Crippen LogP contribution in [0.3, 0.4) is 0 Å². The topological polar surface area (TPSA) is 154 Å². The van der Waals surface area contributed by atoms with E-state index >= 15 is 0 Å². The van der Waals surface area contributed by atoms with Crippen molar-refractivity contribution in [2.24, 2.45) is 0 Å². The molecule has 152 valence electrons. The molecule has 25 heavy (non-hydrogen) atoms. The van der Waals surface area contributed by atoms with Gasteiger partial charge in [-0.25, -0.2) is 4.79 Å². The van der Waals surface area contributed by atoms with Crippen molar-refractivity contribution in [1.82, 2.24) is 0 Å². The first-order valence-corrected chi connectivity index (χ1v) is 8.23. The van der Waals surface area contributed by atoms with Crippen LogP contribution in [0.1, 0.15) is 47.0 Å². The van der Waals surface area contributed by atoms with Crippen LogP contribution in [0.25, 0.3) is 0 Å². The molecular formula is C16H34O9. The normalized spacial score (nSPS) is 13.4. The Morgan fingerprint density at radius 2 is 1.48 bits per heavy atom. The standard InChI is InChI=1S/C6H14O3.C6H14O.C4H6O5/c1-5(8)4-9-6(2)3-7;1-3-5-7-6-4-2;5-2(4(8)9)1-3(6)7/h5-8H,3-4H2,1-2H3;3-6H2,1-2H3;2,5H,1H2,(H,6,7)(H,8,9). The summed E-state index contributed by atoms with van der Waals surface area (Å²) in [5, 5.41) is 41.3. The second kappa shape index (κ2) is 20.8.